The van der Waals surface area contributed by atoms with Gasteiger partial charge >= 0.3 is 19.8 Å². The molecule has 0 aromatic rings. The topological polar surface area (TPSA) is 108 Å². The fraction of sp³-hybridized carbons (Fsp3) is 0.955. The first kappa shape index (κ1) is 8.35. The van der Waals surface area contributed by atoms with Crippen molar-refractivity contribution in [1.82, 2.24) is 0 Å². The predicted octanol–water partition coefficient (Wildman–Crippen LogP) is 12.8. The molecule has 0 saturated heterocycles. The Bertz CT molecular complexity index is 4140. The quantitative estimate of drug-likeness (QED) is 0.0367. The summed E-state index contributed by atoms with van der Waals surface area (Å²) in [5.41, 5.74) is 0. The standard InChI is InChI=1S/C44H88NO8P/c1-6-8-10-12-14-16-18-20-22-24-26-28-30-32-34-36-43(46)50-40-42(41-52-54(48,49)51-39-38-45(3,4)5)53-44(47)37-35-33-31-29-27-25-23-21-19-17-15-13-11-9-7-2/h42H,6-41H2,1-5H3/p+1/t42-/m1/s1/i1D3,2D3,3D3,4D3,5D3,6D2,7D2,8D2,9D2,10D2,11D2,12D2,13D2,14D2,15D2,16D2,17D2,18D2,19D2,20D2,21D2,22D2,23D2,24D2,25D2,26D2,27D2,28D2,29D2,30D2,31D2,32D2,33D2,34D2,35D2,36D2,37D2. The first-order valence-electron chi connectivity index (χ1n) is 53.0. The molecule has 0 amide bonds. The molecular formula is C44H89NO8P+. The fourth-order valence-corrected chi connectivity index (χ4v) is 2.73. The average Bonchev–Trinajstić information content (AvgIpc) is 0.675. The molecule has 0 spiro atoms. The lowest BCUT2D eigenvalue weighted by molar-refractivity contribution is -0.870. The molecule has 322 valence electrons. The molecule has 0 aliphatic carbocycles. The van der Waals surface area contributed by atoms with Gasteiger partial charge in [-0.05, 0) is 12.7 Å². The number of carbonyl (C=O) groups excluding carboxylic acids is 2. The Balaban J connectivity index is 8.80. The molecule has 1 unspecified atom stereocenters. The summed E-state index contributed by atoms with van der Waals surface area (Å²) in [4.78, 5) is 38.9. The molecule has 0 rings (SSSR count). The van der Waals surface area contributed by atoms with Crippen molar-refractivity contribution in [3.05, 3.63) is 0 Å². The van der Waals surface area contributed by atoms with Crippen molar-refractivity contribution in [3.63, 3.8) is 0 Å². The Morgan fingerprint density at radius 3 is 1.31 bits per heavy atom. The highest BCUT2D eigenvalue weighted by Crippen LogP contribution is 2.43. The van der Waals surface area contributed by atoms with E-state index in [4.69, 9.17) is 108 Å². The van der Waals surface area contributed by atoms with Gasteiger partial charge in [0.05, 0.1) is 39.9 Å². The van der Waals surface area contributed by atoms with Gasteiger partial charge < -0.3 is 18.9 Å². The number of hydrogen-bond acceptors (Lipinski definition) is 7. The third kappa shape index (κ3) is 40.7. The number of ether oxygens (including phenoxy) is 2. The minimum atomic E-state index is -6.47. The van der Waals surface area contributed by atoms with Crippen LogP contribution < -0.4 is 0 Å². The lowest BCUT2D eigenvalue weighted by Crippen LogP contribution is -2.37. The van der Waals surface area contributed by atoms with Crippen LogP contribution in [0, 0.1) is 0 Å². The predicted molar refractivity (Wildman–Crippen MR) is 225 cm³/mol. The number of quaternary nitrogens is 1. The van der Waals surface area contributed by atoms with E-state index in [1.54, 1.807) is 0 Å². The van der Waals surface area contributed by atoms with Gasteiger partial charge in [0.2, 0.25) is 0 Å². The summed E-state index contributed by atoms with van der Waals surface area (Å²) in [5, 5.41) is 0. The molecule has 1 N–H and O–H groups in total. The molecule has 0 aliphatic rings. The number of rotatable bonds is 42. The minimum absolute atomic E-state index is 1.94. The normalized spacial score (nSPS) is 44.9. The number of carbonyl (C=O) groups is 2. The summed E-state index contributed by atoms with van der Waals surface area (Å²) in [7, 11) is -6.47. The number of esters is 2. The Morgan fingerprint density at radius 1 is 0.556 bits per heavy atom. The summed E-state index contributed by atoms with van der Waals surface area (Å²) < 4.78 is 678. The van der Waals surface area contributed by atoms with Gasteiger partial charge in [-0.15, -0.1) is 0 Å². The Labute approximate surface area is 445 Å². The van der Waals surface area contributed by atoms with Crippen LogP contribution in [0.2, 0.25) is 0 Å². The molecule has 0 radical (unpaired) electrons. The number of nitrogens with zero attached hydrogens (tertiary/aromatic N) is 1. The second-order valence-electron chi connectivity index (χ2n) is 7.76. The van der Waals surface area contributed by atoms with Crippen molar-refractivity contribution in [2.45, 2.75) is 224 Å². The molecule has 0 aromatic heterocycles. The molecule has 0 fully saturated rings. The maximum absolute atomic E-state index is 14.2. The van der Waals surface area contributed by atoms with Gasteiger partial charge in [-0.1, -0.05) is 192 Å². The van der Waals surface area contributed by atoms with Crippen molar-refractivity contribution >= 4 is 19.8 Å². The lowest BCUT2D eigenvalue weighted by atomic mass is 10.0. The van der Waals surface area contributed by atoms with Gasteiger partial charge in [-0.25, -0.2) is 4.57 Å². The van der Waals surface area contributed by atoms with E-state index in [-0.39, 0.29) is 0 Å². The highest BCUT2D eigenvalue weighted by molar-refractivity contribution is 7.47. The van der Waals surface area contributed by atoms with Crippen LogP contribution in [0.4, 0.5) is 0 Å². The van der Waals surface area contributed by atoms with Crippen LogP contribution in [0.25, 0.3) is 0 Å². The van der Waals surface area contributed by atoms with Crippen LogP contribution in [0.3, 0.4) is 0 Å². The fourth-order valence-electron chi connectivity index (χ4n) is 1.99. The van der Waals surface area contributed by atoms with Crippen molar-refractivity contribution in [3.8, 4) is 0 Å². The van der Waals surface area contributed by atoms with E-state index in [9.17, 15) is 19.0 Å². The van der Waals surface area contributed by atoms with Crippen LogP contribution in [0.1, 0.15) is 326 Å². The lowest BCUT2D eigenvalue weighted by Gasteiger charge is -2.24. The van der Waals surface area contributed by atoms with Crippen LogP contribution in [0.15, 0.2) is 0 Å². The van der Waals surface area contributed by atoms with Crippen LogP contribution >= 0.6 is 7.82 Å². The highest BCUT2D eigenvalue weighted by atomic mass is 31.2. The van der Waals surface area contributed by atoms with E-state index in [1.807, 2.05) is 0 Å². The average molecular weight is 871 g/mol. The molecule has 0 aliphatic heterocycles. The van der Waals surface area contributed by atoms with Crippen molar-refractivity contribution in [2.24, 2.45) is 0 Å². The smallest absolute Gasteiger partial charge is 0.462 e. The summed E-state index contributed by atoms with van der Waals surface area (Å²) in [6.45, 7) is -30.2. The monoisotopic (exact) mass is 870 g/mol. The van der Waals surface area contributed by atoms with Gasteiger partial charge in [0.1, 0.15) is 19.8 Å². The van der Waals surface area contributed by atoms with Gasteiger partial charge in [0.25, 0.3) is 0 Å². The van der Waals surface area contributed by atoms with Crippen molar-refractivity contribution in [2.75, 3.05) is 47.3 Å². The molecule has 10 heteroatoms. The third-order valence-corrected chi connectivity index (χ3v) is 4.84. The van der Waals surface area contributed by atoms with Crippen LogP contribution in [0.5, 0.6) is 0 Å². The second-order valence-corrected chi connectivity index (χ2v) is 9.21. The van der Waals surface area contributed by atoms with E-state index < -0.39 is 295 Å². The Hall–Kier alpha value is -0.990. The molecule has 54 heavy (non-hydrogen) atoms. The molecule has 0 heterocycles. The Kier molecular flexibility index (Phi) is 5.81. The molecule has 9 nitrogen and oxygen atoms in total. The van der Waals surface area contributed by atoms with Crippen molar-refractivity contribution < 1.29 is 150 Å². The van der Waals surface area contributed by atoms with Gasteiger partial charge in [-0.3, -0.25) is 18.6 Å². The van der Waals surface area contributed by atoms with Gasteiger partial charge in [0, 0.05) is 109 Å². The summed E-state index contributed by atoms with van der Waals surface area (Å²) in [5.74, 6) is -6.62. The van der Waals surface area contributed by atoms with E-state index in [0.29, 0.717) is 0 Å². The summed E-state index contributed by atoms with van der Waals surface area (Å²) in [6.07, 6.45) is -178. The second kappa shape index (κ2) is 37.6. The maximum atomic E-state index is 14.2. The first-order chi connectivity index (χ1) is 56.1. The minimum Gasteiger partial charge on any atom is -0.462 e. The Morgan fingerprint density at radius 2 is 0.926 bits per heavy atom. The van der Waals surface area contributed by atoms with E-state index in [2.05, 4.69) is 18.5 Å². The number of hydrogen-bond donors (Lipinski definition) is 1. The SMILES string of the molecule is [2H]C([2H])([2H])C([2H])([2H])C([2H])([2H])C([2H])([2H])C([2H])([2H])C([2H])([2H])C([2H])([2H])C([2H])([2H])C([2H])([2H])C([2H])([2H])C([2H])([2H])C([2H])([2H])C([2H])([2H])C([2H])([2H])C([2H])([2H])C([2H])([2H])C([2H])([2H])C(=O)OC[C@H](COP(=O)(O)OCC[N+](C([2H])([2H])[2H])(C([2H])([2H])[2H])C([2H])([2H])[2H])OC(=O)C([2H])([2H])C([2H])([2H])C([2H])([2H])C([2H])([2H])C([2H])([2H])C([2H])([2H])C([2H])([2H])C([2H])([2H])C([2H])([2H])C([2H])([2H])C([2H])([2H])C([2H])([2H])C([2H])([2H])C([2H])([2H])C([2H])([2H])C([2H])([2H])C([2H])([2H])[2H]. The zero-order valence-corrected chi connectivity index (χ0v) is 28.0. The third-order valence-electron chi connectivity index (χ3n) is 3.86. The number of likely N-dealkylation sites (N-methyl/N-ethyl adjacent to an activating group) is 1. The molecule has 0 bridgehead atoms. The van der Waals surface area contributed by atoms with Gasteiger partial charge in [0.15, 0.2) is 6.10 Å². The van der Waals surface area contributed by atoms with E-state index in [1.165, 1.54) is 0 Å². The zero-order valence-electron chi connectivity index (χ0n) is 106. The van der Waals surface area contributed by atoms with E-state index in [0.717, 1.165) is 0 Å². The van der Waals surface area contributed by atoms with E-state index >= 15 is 0 Å². The van der Waals surface area contributed by atoms with Crippen LogP contribution in [-0.2, 0) is 32.7 Å². The molecule has 2 atom stereocenters. The maximum Gasteiger partial charge on any atom is 0.472 e. The number of phosphoric acid groups is 1. The van der Waals surface area contributed by atoms with Gasteiger partial charge in [-0.2, -0.15) is 0 Å². The van der Waals surface area contributed by atoms with Crippen molar-refractivity contribution in [1.29, 1.82) is 0 Å². The molecular weight excluding hydrogens is 701 g/mol. The highest BCUT2D eigenvalue weighted by Gasteiger charge is 2.27. The van der Waals surface area contributed by atoms with Crippen LogP contribution in [-0.4, -0.2) is 74.7 Å². The molecule has 0 saturated carbocycles. The largest absolute Gasteiger partial charge is 0.472 e. The summed E-state index contributed by atoms with van der Waals surface area (Å²) in [6, 6.07) is 0. The first-order valence-corrected chi connectivity index (χ1v) is 15.0. The molecule has 0 aromatic carbocycles. The number of phosphoric ester groups is 1. The zero-order chi connectivity index (χ0) is 110. The summed E-state index contributed by atoms with van der Waals surface area (Å²) >= 11 is 0.